The molecule has 0 radical (unpaired) electrons. The van der Waals surface area contributed by atoms with Crippen molar-refractivity contribution in [2.24, 2.45) is 10.3 Å². The third-order valence-corrected chi connectivity index (χ3v) is 14.2. The van der Waals surface area contributed by atoms with Crippen molar-refractivity contribution in [2.75, 3.05) is 70.0 Å². The first-order chi connectivity index (χ1) is 27.7. The van der Waals surface area contributed by atoms with Gasteiger partial charge in [-0.25, -0.2) is 14.8 Å². The van der Waals surface area contributed by atoms with Crippen LogP contribution >= 0.6 is 46.2 Å². The number of aliphatic carboxylic acids is 2. The summed E-state index contributed by atoms with van der Waals surface area (Å²) in [5, 5.41) is 40.4. The summed E-state index contributed by atoms with van der Waals surface area (Å²) in [6.07, 6.45) is 2.10. The molecule has 3 fully saturated rings. The minimum atomic E-state index is -1.43. The Morgan fingerprint density at radius 3 is 1.95 bits per heavy atom. The number of likely N-dealkylation sites (tertiary alicyclic amines) is 1. The second-order valence-electron chi connectivity index (χ2n) is 13.9. The fourth-order valence-electron chi connectivity index (χ4n) is 7.38. The first kappa shape index (κ1) is 40.9. The Labute approximate surface area is 346 Å². The van der Waals surface area contributed by atoms with Crippen molar-refractivity contribution in [3.63, 3.8) is 0 Å². The van der Waals surface area contributed by atoms with Crippen molar-refractivity contribution in [3.8, 4) is 0 Å². The minimum absolute atomic E-state index is 0.0342. The van der Waals surface area contributed by atoms with E-state index in [-0.39, 0.29) is 56.8 Å². The number of carbonyl (C=O) groups is 6. The number of β-lactam (4-membered cyclic amide) rings is 2. The van der Waals surface area contributed by atoms with Crippen LogP contribution in [0.25, 0.3) is 0 Å². The number of nitrogens with two attached hydrogens (primary N) is 1. The highest BCUT2D eigenvalue weighted by molar-refractivity contribution is 8.00. The van der Waals surface area contributed by atoms with E-state index in [9.17, 15) is 39.0 Å². The summed E-state index contributed by atoms with van der Waals surface area (Å²) in [5.41, 5.74) is 6.11. The Hall–Kier alpha value is -5.24. The average Bonchev–Trinajstić information content (AvgIpc) is 3.96. The number of hydrogen-bond donors (Lipinski definition) is 5. The highest BCUT2D eigenvalue weighted by atomic mass is 32.2. The molecule has 4 atom stereocenters. The zero-order valence-corrected chi connectivity index (χ0v) is 34.3. The van der Waals surface area contributed by atoms with E-state index in [0.717, 1.165) is 53.5 Å². The van der Waals surface area contributed by atoms with E-state index >= 15 is 0 Å². The summed E-state index contributed by atoms with van der Waals surface area (Å²) >= 11 is 4.79. The van der Waals surface area contributed by atoms with E-state index in [1.165, 1.54) is 53.4 Å². The summed E-state index contributed by atoms with van der Waals surface area (Å²) in [6, 6.07) is -2.08. The van der Waals surface area contributed by atoms with Crippen LogP contribution < -0.4 is 26.8 Å². The number of rotatable bonds is 15. The normalized spacial score (nSPS) is 24.1. The molecule has 0 bridgehead atoms. The molecule has 7 rings (SSSR count). The molecule has 0 aromatic carbocycles. The second-order valence-corrected chi connectivity index (χ2v) is 17.8. The number of oxime groups is 2. The average molecular weight is 876 g/mol. The Balaban J connectivity index is 0.987. The standard InChI is InChI=1S/C33H37N11O10S4/c1-44(6-4-5-7-44)9-15-11-56-29-21(27(48)43(29)23(15)31(51)52)39-25(46)19(41-54-3)17-13-58-33(37-17)35-8-14-10-55-28-20(26(47)42(28)22(14)30(49)50)38-24(45)18(40-53-2)16-12-57-32(34)36-16/h12-13,20-21,28-29H,4-11H2,1-3H3,(H6-,34,35,36,37,38,39,45,46,49,50,51,52)/b40-18-,41-19-/t20-,21-,28-,29-/m1/s1. The van der Waals surface area contributed by atoms with E-state index < -0.39 is 58.4 Å². The molecule has 2 aromatic heterocycles. The number of hydrogen-bond acceptors (Lipinski definition) is 19. The number of nitrogens with zero attached hydrogens (tertiary/aromatic N) is 7. The lowest BCUT2D eigenvalue weighted by molar-refractivity contribution is -0.893. The maximum atomic E-state index is 13.5. The SMILES string of the molecule is CO/N=C(\C(=O)N[C@@H]1C(=O)N2C(C(=O)[O-])=C(C[N+]3(C)CCCC3)CS[C@H]12)c1csc(NCC2=C(C(=O)O)N3C(=O)[C@@H](NC(=O)/C(=N\OC)c4csc(N)n4)[C@H]3SC2)n1. The zero-order chi connectivity index (χ0) is 41.5. The molecule has 3 saturated heterocycles. The molecule has 25 heteroatoms. The van der Waals surface area contributed by atoms with Crippen LogP contribution in [0.5, 0.6) is 0 Å². The maximum Gasteiger partial charge on any atom is 0.352 e. The van der Waals surface area contributed by atoms with Gasteiger partial charge in [-0.05, 0) is 5.57 Å². The number of thioether (sulfide) groups is 2. The van der Waals surface area contributed by atoms with Crippen molar-refractivity contribution in [1.29, 1.82) is 0 Å². The number of fused-ring (bicyclic) bond motifs is 2. The van der Waals surface area contributed by atoms with E-state index in [1.54, 1.807) is 0 Å². The molecule has 0 aliphatic carbocycles. The third kappa shape index (κ3) is 7.70. The van der Waals surface area contributed by atoms with Crippen LogP contribution in [0.2, 0.25) is 0 Å². The summed E-state index contributed by atoms with van der Waals surface area (Å²) in [4.78, 5) is 98.4. The fourth-order valence-corrected chi connectivity index (χ4v) is 11.3. The van der Waals surface area contributed by atoms with Gasteiger partial charge in [-0.3, -0.25) is 29.0 Å². The summed E-state index contributed by atoms with van der Waals surface area (Å²) in [5.74, 6) is -4.97. The highest BCUT2D eigenvalue weighted by Gasteiger charge is 2.55. The Morgan fingerprint density at radius 2 is 1.43 bits per heavy atom. The molecule has 0 unspecified atom stereocenters. The lowest BCUT2D eigenvalue weighted by Gasteiger charge is -2.51. The van der Waals surface area contributed by atoms with Crippen LogP contribution in [-0.4, -0.2) is 158 Å². The number of nitrogens with one attached hydrogen (secondary N) is 3. The van der Waals surface area contributed by atoms with Gasteiger partial charge in [-0.2, -0.15) is 0 Å². The fraction of sp³-hybridized carbons (Fsp3) is 0.455. The van der Waals surface area contributed by atoms with Crippen molar-refractivity contribution < 1.29 is 53.1 Å². The molecule has 58 heavy (non-hydrogen) atoms. The predicted octanol–water partition coefficient (Wildman–Crippen LogP) is -1.62. The number of thiazole rings is 2. The van der Waals surface area contributed by atoms with Crippen LogP contribution in [0.1, 0.15) is 24.2 Å². The molecule has 0 saturated carbocycles. The zero-order valence-electron chi connectivity index (χ0n) is 31.1. The molecule has 7 heterocycles. The molecule has 21 nitrogen and oxygen atoms in total. The molecule has 2 aromatic rings. The van der Waals surface area contributed by atoms with Gasteiger partial charge in [0, 0.05) is 47.2 Å². The topological polar surface area (TPSA) is 283 Å². The van der Waals surface area contributed by atoms with Crippen molar-refractivity contribution >= 4 is 103 Å². The number of nitrogen functional groups attached to an aromatic ring is 1. The summed E-state index contributed by atoms with van der Waals surface area (Å²) < 4.78 is 0.692. The van der Waals surface area contributed by atoms with Gasteiger partial charge in [0.2, 0.25) is 0 Å². The molecule has 5 aliphatic heterocycles. The number of quaternary nitrogens is 1. The smallest absolute Gasteiger partial charge is 0.352 e. The van der Waals surface area contributed by atoms with Gasteiger partial charge >= 0.3 is 5.97 Å². The lowest BCUT2D eigenvalue weighted by Crippen LogP contribution is -2.71. The van der Waals surface area contributed by atoms with Crippen LogP contribution in [0.3, 0.4) is 0 Å². The van der Waals surface area contributed by atoms with Gasteiger partial charge in [0.1, 0.15) is 60.7 Å². The summed E-state index contributed by atoms with van der Waals surface area (Å²) in [7, 11) is 4.55. The second kappa shape index (κ2) is 16.6. The van der Waals surface area contributed by atoms with Crippen molar-refractivity contribution in [1.82, 2.24) is 30.4 Å². The maximum absolute atomic E-state index is 13.5. The number of carboxylic acids is 2. The summed E-state index contributed by atoms with van der Waals surface area (Å²) in [6.45, 7) is 2.30. The molecule has 6 N–H and O–H groups in total. The van der Waals surface area contributed by atoms with Gasteiger partial charge in [0.25, 0.3) is 23.6 Å². The van der Waals surface area contributed by atoms with Crippen LogP contribution in [0.4, 0.5) is 10.3 Å². The monoisotopic (exact) mass is 875 g/mol. The molecule has 5 aliphatic rings. The molecular weight excluding hydrogens is 839 g/mol. The van der Waals surface area contributed by atoms with Gasteiger partial charge in [-0.1, -0.05) is 10.3 Å². The quantitative estimate of drug-likeness (QED) is 0.0582. The molecule has 0 spiro atoms. The van der Waals surface area contributed by atoms with Crippen molar-refractivity contribution in [3.05, 3.63) is 44.7 Å². The number of carbonyl (C=O) groups excluding carboxylic acids is 5. The van der Waals surface area contributed by atoms with Gasteiger partial charge in [0.05, 0.1) is 31.8 Å². The molecular formula is C33H37N11O10S4. The van der Waals surface area contributed by atoms with Crippen LogP contribution in [0, 0.1) is 0 Å². The number of anilines is 2. The Bertz CT molecular complexity index is 2200. The number of likely N-dealkylation sites (N-methyl/N-ethyl adjacent to an activating group) is 1. The molecule has 308 valence electrons. The number of amides is 4. The number of aromatic nitrogens is 2. The Kier molecular flexibility index (Phi) is 11.7. The van der Waals surface area contributed by atoms with Gasteiger partial charge in [-0.15, -0.1) is 46.2 Å². The first-order valence-electron chi connectivity index (χ1n) is 17.6. The Morgan fingerprint density at radius 1 is 0.897 bits per heavy atom. The van der Waals surface area contributed by atoms with Crippen molar-refractivity contribution in [2.45, 2.75) is 35.7 Å². The van der Waals surface area contributed by atoms with Crippen LogP contribution in [-0.2, 0) is 38.4 Å². The largest absolute Gasteiger partial charge is 0.543 e. The van der Waals surface area contributed by atoms with E-state index in [0.29, 0.717) is 27.9 Å². The van der Waals surface area contributed by atoms with Gasteiger partial charge < -0.3 is 50.8 Å². The minimum Gasteiger partial charge on any atom is -0.543 e. The predicted molar refractivity (Wildman–Crippen MR) is 211 cm³/mol. The third-order valence-electron chi connectivity index (χ3n) is 10.0. The first-order valence-corrected chi connectivity index (χ1v) is 21.5. The van der Waals surface area contributed by atoms with E-state index in [1.807, 2.05) is 0 Å². The lowest BCUT2D eigenvalue weighted by atomic mass is 10.0. The van der Waals surface area contributed by atoms with Crippen LogP contribution in [0.15, 0.2) is 43.6 Å². The molecule has 4 amide bonds. The van der Waals surface area contributed by atoms with E-state index in [2.05, 4.69) is 43.3 Å². The number of carboxylic acid groups (broad SMARTS) is 2. The van der Waals surface area contributed by atoms with E-state index in [4.69, 9.17) is 15.4 Å². The van der Waals surface area contributed by atoms with Gasteiger partial charge in [0.15, 0.2) is 21.7 Å². The highest BCUT2D eigenvalue weighted by Crippen LogP contribution is 2.42.